The third kappa shape index (κ3) is 1.23. The number of Topliss-reactive ketones (excluding diaryl/α,β-unsaturated/α-hetero) is 1. The first-order valence-corrected chi connectivity index (χ1v) is 4.42. The van der Waals surface area contributed by atoms with Gasteiger partial charge in [-0.15, -0.1) is 0 Å². The van der Waals surface area contributed by atoms with Crippen LogP contribution in [-0.4, -0.2) is 16.9 Å². The molecule has 2 rings (SSSR count). The molecule has 14 heavy (non-hydrogen) atoms. The normalized spacial score (nSPS) is 20.6. The van der Waals surface area contributed by atoms with Crippen LogP contribution in [0, 0.1) is 12.8 Å². The van der Waals surface area contributed by atoms with Crippen molar-refractivity contribution in [2.75, 3.05) is 0 Å². The number of fused-ring (bicyclic) bond motifs is 1. The molecule has 0 aromatic carbocycles. The van der Waals surface area contributed by atoms with E-state index in [0.717, 1.165) is 5.56 Å². The number of hydrogen-bond acceptors (Lipinski definition) is 3. The third-order valence-corrected chi connectivity index (χ3v) is 2.54. The number of rotatable bonds is 1. The quantitative estimate of drug-likeness (QED) is 0.734. The van der Waals surface area contributed by atoms with Gasteiger partial charge in [-0.25, -0.2) is 0 Å². The summed E-state index contributed by atoms with van der Waals surface area (Å²) >= 11 is 0. The van der Waals surface area contributed by atoms with E-state index >= 15 is 0 Å². The van der Waals surface area contributed by atoms with Crippen molar-refractivity contribution in [2.45, 2.75) is 19.8 Å². The van der Waals surface area contributed by atoms with Crippen LogP contribution in [-0.2, 0) is 11.2 Å². The molecule has 74 valence electrons. The van der Waals surface area contributed by atoms with Gasteiger partial charge in [0, 0.05) is 12.8 Å². The van der Waals surface area contributed by atoms with E-state index in [2.05, 4.69) is 0 Å². The summed E-state index contributed by atoms with van der Waals surface area (Å²) in [6.07, 6.45) is 1.92. The molecule has 1 aromatic rings. The lowest BCUT2D eigenvalue weighted by Crippen LogP contribution is -2.25. The first-order chi connectivity index (χ1) is 6.59. The van der Waals surface area contributed by atoms with Crippen molar-refractivity contribution in [2.24, 2.45) is 5.92 Å². The standard InChI is InChI=1S/C10H10O4/c1-5-4-14-8-3-6(10(12)13)2-7(11)9(5)8/h4,6H,2-3H2,1H3,(H,12,13). The van der Waals surface area contributed by atoms with Crippen molar-refractivity contribution in [3.8, 4) is 0 Å². The smallest absolute Gasteiger partial charge is 0.307 e. The molecule has 0 amide bonds. The lowest BCUT2D eigenvalue weighted by molar-refractivity contribution is -0.141. The topological polar surface area (TPSA) is 67.5 Å². The highest BCUT2D eigenvalue weighted by atomic mass is 16.4. The third-order valence-electron chi connectivity index (χ3n) is 2.54. The predicted octanol–water partition coefficient (Wildman–Crippen LogP) is 1.42. The van der Waals surface area contributed by atoms with Gasteiger partial charge in [0.05, 0.1) is 17.7 Å². The summed E-state index contributed by atoms with van der Waals surface area (Å²) in [5, 5.41) is 8.79. The molecule has 4 nitrogen and oxygen atoms in total. The highest BCUT2D eigenvalue weighted by Gasteiger charge is 2.33. The lowest BCUT2D eigenvalue weighted by Gasteiger charge is -2.16. The maximum absolute atomic E-state index is 11.6. The zero-order valence-corrected chi connectivity index (χ0v) is 7.74. The van der Waals surface area contributed by atoms with E-state index in [1.54, 1.807) is 6.92 Å². The van der Waals surface area contributed by atoms with Gasteiger partial charge in [0.15, 0.2) is 5.78 Å². The second-order valence-electron chi connectivity index (χ2n) is 3.58. The number of furan rings is 1. The Morgan fingerprint density at radius 1 is 1.57 bits per heavy atom. The molecule has 1 unspecified atom stereocenters. The Labute approximate surface area is 80.5 Å². The van der Waals surface area contributed by atoms with Gasteiger partial charge in [0.2, 0.25) is 0 Å². The molecule has 1 aliphatic carbocycles. The van der Waals surface area contributed by atoms with Crippen molar-refractivity contribution in [1.29, 1.82) is 0 Å². The molecule has 1 aliphatic rings. The number of aryl methyl sites for hydroxylation is 1. The van der Waals surface area contributed by atoms with Crippen LogP contribution in [0.1, 0.15) is 28.1 Å². The van der Waals surface area contributed by atoms with E-state index in [1.807, 2.05) is 0 Å². The van der Waals surface area contributed by atoms with E-state index in [-0.39, 0.29) is 12.2 Å². The molecule has 4 heteroatoms. The Kier molecular flexibility index (Phi) is 1.91. The highest BCUT2D eigenvalue weighted by molar-refractivity contribution is 6.01. The molecular formula is C10H10O4. The molecule has 1 aromatic heterocycles. The SMILES string of the molecule is Cc1coc2c1C(=O)CC(C(=O)O)C2. The van der Waals surface area contributed by atoms with Crippen LogP contribution >= 0.6 is 0 Å². The van der Waals surface area contributed by atoms with E-state index in [0.29, 0.717) is 17.7 Å². The van der Waals surface area contributed by atoms with Gasteiger partial charge in [0.25, 0.3) is 0 Å². The summed E-state index contributed by atoms with van der Waals surface area (Å²) in [5.74, 6) is -1.16. The first-order valence-electron chi connectivity index (χ1n) is 4.42. The number of carboxylic acid groups (broad SMARTS) is 1. The molecule has 0 saturated carbocycles. The Balaban J connectivity index is 2.39. The first kappa shape index (κ1) is 8.99. The van der Waals surface area contributed by atoms with Crippen molar-refractivity contribution in [1.82, 2.24) is 0 Å². The van der Waals surface area contributed by atoms with Gasteiger partial charge in [0.1, 0.15) is 5.76 Å². The van der Waals surface area contributed by atoms with E-state index < -0.39 is 11.9 Å². The van der Waals surface area contributed by atoms with Crippen LogP contribution in [0.4, 0.5) is 0 Å². The van der Waals surface area contributed by atoms with Crippen molar-refractivity contribution in [3.05, 3.63) is 23.2 Å². The maximum Gasteiger partial charge on any atom is 0.307 e. The van der Waals surface area contributed by atoms with E-state index in [9.17, 15) is 9.59 Å². The van der Waals surface area contributed by atoms with Crippen LogP contribution < -0.4 is 0 Å². The molecule has 1 heterocycles. The molecule has 1 N–H and O–H groups in total. The van der Waals surface area contributed by atoms with Gasteiger partial charge in [-0.3, -0.25) is 9.59 Å². The largest absolute Gasteiger partial charge is 0.481 e. The Morgan fingerprint density at radius 3 is 2.93 bits per heavy atom. The van der Waals surface area contributed by atoms with E-state index in [4.69, 9.17) is 9.52 Å². The molecule has 0 spiro atoms. The molecule has 0 aliphatic heterocycles. The fourth-order valence-electron chi connectivity index (χ4n) is 1.82. The predicted molar refractivity (Wildman–Crippen MR) is 47.2 cm³/mol. The number of carbonyl (C=O) groups excluding carboxylic acids is 1. The maximum atomic E-state index is 11.6. The van der Waals surface area contributed by atoms with Crippen molar-refractivity contribution >= 4 is 11.8 Å². The average Bonchev–Trinajstić information content (AvgIpc) is 2.48. The van der Waals surface area contributed by atoms with Crippen molar-refractivity contribution < 1.29 is 19.1 Å². The summed E-state index contributed by atoms with van der Waals surface area (Å²) in [6.45, 7) is 1.79. The van der Waals surface area contributed by atoms with Gasteiger partial charge >= 0.3 is 5.97 Å². The second-order valence-corrected chi connectivity index (χ2v) is 3.58. The summed E-state index contributed by atoms with van der Waals surface area (Å²) in [5.41, 5.74) is 1.39. The molecule has 0 radical (unpaired) electrons. The van der Waals surface area contributed by atoms with Gasteiger partial charge < -0.3 is 9.52 Å². The molecule has 0 saturated heterocycles. The van der Waals surface area contributed by atoms with Crippen LogP contribution in [0.2, 0.25) is 0 Å². The number of carboxylic acids is 1. The zero-order valence-electron chi connectivity index (χ0n) is 7.74. The monoisotopic (exact) mass is 194 g/mol. The summed E-state index contributed by atoms with van der Waals surface area (Å²) in [7, 11) is 0. The van der Waals surface area contributed by atoms with Gasteiger partial charge in [-0.05, 0) is 12.5 Å². The second kappa shape index (κ2) is 2.97. The number of hydrogen-bond donors (Lipinski definition) is 1. The Hall–Kier alpha value is -1.58. The minimum atomic E-state index is -0.932. The van der Waals surface area contributed by atoms with Crippen LogP contribution in [0.15, 0.2) is 10.7 Å². The highest BCUT2D eigenvalue weighted by Crippen LogP contribution is 2.29. The summed E-state index contributed by atoms with van der Waals surface area (Å²) < 4.78 is 5.15. The van der Waals surface area contributed by atoms with Crippen molar-refractivity contribution in [3.63, 3.8) is 0 Å². The molecule has 0 bridgehead atoms. The minimum Gasteiger partial charge on any atom is -0.481 e. The summed E-state index contributed by atoms with van der Waals surface area (Å²) in [4.78, 5) is 22.3. The number of ketones is 1. The van der Waals surface area contributed by atoms with Crippen LogP contribution in [0.3, 0.4) is 0 Å². The number of carbonyl (C=O) groups is 2. The molecule has 0 fully saturated rings. The summed E-state index contributed by atoms with van der Waals surface area (Å²) in [6, 6.07) is 0. The Morgan fingerprint density at radius 2 is 2.29 bits per heavy atom. The molecule has 1 atom stereocenters. The van der Waals surface area contributed by atoms with Gasteiger partial charge in [-0.2, -0.15) is 0 Å². The Bertz CT molecular complexity index is 402. The fraction of sp³-hybridized carbons (Fsp3) is 0.400. The zero-order chi connectivity index (χ0) is 10.3. The number of aliphatic carboxylic acids is 1. The lowest BCUT2D eigenvalue weighted by atomic mass is 9.86. The fourth-order valence-corrected chi connectivity index (χ4v) is 1.82. The molecular weight excluding hydrogens is 184 g/mol. The van der Waals surface area contributed by atoms with Crippen LogP contribution in [0.5, 0.6) is 0 Å². The van der Waals surface area contributed by atoms with E-state index in [1.165, 1.54) is 6.26 Å². The van der Waals surface area contributed by atoms with Crippen LogP contribution in [0.25, 0.3) is 0 Å². The average molecular weight is 194 g/mol. The van der Waals surface area contributed by atoms with Gasteiger partial charge in [-0.1, -0.05) is 0 Å². The minimum absolute atomic E-state index is 0.0860.